The number of nitrogens with zero attached hydrogens (tertiary/aromatic N) is 6. The first-order valence-electron chi connectivity index (χ1n) is 10.9. The van der Waals surface area contributed by atoms with Gasteiger partial charge >= 0.3 is 0 Å². The van der Waals surface area contributed by atoms with E-state index in [1.165, 1.54) is 16.5 Å². The third-order valence-electron chi connectivity index (χ3n) is 5.97. The molecule has 4 aromatic rings. The Morgan fingerprint density at radius 3 is 2.44 bits per heavy atom. The Hall–Kier alpha value is -3.74. The van der Waals surface area contributed by atoms with E-state index in [9.17, 15) is 4.79 Å². The second-order valence-electron chi connectivity index (χ2n) is 8.33. The van der Waals surface area contributed by atoms with Gasteiger partial charge in [-0.3, -0.25) is 9.78 Å². The van der Waals surface area contributed by atoms with Crippen LogP contribution in [0.1, 0.15) is 27.4 Å². The summed E-state index contributed by atoms with van der Waals surface area (Å²) < 4.78 is 1.74. The fraction of sp³-hybridized carbons (Fsp3) is 0.280. The quantitative estimate of drug-likeness (QED) is 0.500. The number of fused-ring (bicyclic) bond motifs is 1. The molecule has 0 saturated carbocycles. The Bertz CT molecular complexity index is 1250. The second kappa shape index (κ2) is 8.42. The van der Waals surface area contributed by atoms with Crippen LogP contribution in [0.15, 0.2) is 60.8 Å². The molecule has 2 aromatic carbocycles. The Morgan fingerprint density at radius 2 is 1.66 bits per heavy atom. The third kappa shape index (κ3) is 4.06. The van der Waals surface area contributed by atoms with Gasteiger partial charge in [-0.15, -0.1) is 5.10 Å². The number of amides is 1. The van der Waals surface area contributed by atoms with Crippen LogP contribution in [0, 0.1) is 13.8 Å². The first kappa shape index (κ1) is 20.2. The Labute approximate surface area is 187 Å². The van der Waals surface area contributed by atoms with Crippen LogP contribution in [-0.4, -0.2) is 57.0 Å². The van der Waals surface area contributed by atoms with E-state index < -0.39 is 0 Å². The summed E-state index contributed by atoms with van der Waals surface area (Å²) in [6, 6.07) is 18.7. The maximum Gasteiger partial charge on any atom is 0.276 e. The fourth-order valence-electron chi connectivity index (χ4n) is 4.40. The van der Waals surface area contributed by atoms with Crippen molar-refractivity contribution in [3.8, 4) is 0 Å². The number of rotatable bonds is 4. The van der Waals surface area contributed by atoms with Gasteiger partial charge in [-0.2, -0.15) is 0 Å². The lowest BCUT2D eigenvalue weighted by Crippen LogP contribution is -2.49. The molecule has 7 heteroatoms. The Balaban J connectivity index is 1.25. The van der Waals surface area contributed by atoms with Crippen LogP contribution < -0.4 is 4.90 Å². The zero-order valence-corrected chi connectivity index (χ0v) is 18.4. The van der Waals surface area contributed by atoms with E-state index in [0.29, 0.717) is 25.3 Å². The number of aromatic nitrogens is 4. The molecule has 0 atom stereocenters. The summed E-state index contributed by atoms with van der Waals surface area (Å²) in [4.78, 5) is 21.6. The maximum absolute atomic E-state index is 13.0. The highest BCUT2D eigenvalue weighted by Gasteiger charge is 2.24. The molecule has 162 valence electrons. The number of aryl methyl sites for hydroxylation is 2. The van der Waals surface area contributed by atoms with Gasteiger partial charge in [0, 0.05) is 43.3 Å². The zero-order valence-electron chi connectivity index (χ0n) is 18.4. The molecule has 0 unspecified atom stereocenters. The number of anilines is 1. The van der Waals surface area contributed by atoms with Crippen molar-refractivity contribution >= 4 is 22.4 Å². The Morgan fingerprint density at radius 1 is 0.938 bits per heavy atom. The molecule has 5 rings (SSSR count). The van der Waals surface area contributed by atoms with Crippen LogP contribution in [-0.2, 0) is 6.54 Å². The lowest BCUT2D eigenvalue weighted by molar-refractivity contribution is 0.0740. The van der Waals surface area contributed by atoms with Gasteiger partial charge in [-0.25, -0.2) is 4.68 Å². The fourth-order valence-corrected chi connectivity index (χ4v) is 4.40. The summed E-state index contributed by atoms with van der Waals surface area (Å²) in [6.45, 7) is 7.51. The molecule has 2 aromatic heterocycles. The number of pyridine rings is 1. The SMILES string of the molecule is Cc1cc(N2CCN(C(=O)c3cn(Cc4cccc5ccccc45)nn3)CC2)cc(C)n1. The predicted octanol–water partition coefficient (Wildman–Crippen LogP) is 3.45. The van der Waals surface area contributed by atoms with Gasteiger partial charge in [0.25, 0.3) is 5.91 Å². The molecule has 32 heavy (non-hydrogen) atoms. The van der Waals surface area contributed by atoms with Gasteiger partial charge < -0.3 is 9.80 Å². The van der Waals surface area contributed by atoms with E-state index in [0.717, 1.165) is 30.0 Å². The summed E-state index contributed by atoms with van der Waals surface area (Å²) in [5.74, 6) is -0.0593. The molecule has 1 fully saturated rings. The van der Waals surface area contributed by atoms with Crippen molar-refractivity contribution in [1.82, 2.24) is 24.9 Å². The van der Waals surface area contributed by atoms with Crippen molar-refractivity contribution in [3.05, 3.63) is 83.4 Å². The molecule has 1 aliphatic heterocycles. The lowest BCUT2D eigenvalue weighted by Gasteiger charge is -2.36. The minimum absolute atomic E-state index is 0.0593. The van der Waals surface area contributed by atoms with Crippen molar-refractivity contribution in [1.29, 1.82) is 0 Å². The van der Waals surface area contributed by atoms with E-state index in [1.54, 1.807) is 10.9 Å². The number of hydrogen-bond acceptors (Lipinski definition) is 5. The zero-order chi connectivity index (χ0) is 22.1. The van der Waals surface area contributed by atoms with E-state index in [-0.39, 0.29) is 5.91 Å². The number of carbonyl (C=O) groups excluding carboxylic acids is 1. The maximum atomic E-state index is 13.0. The molecule has 0 spiro atoms. The largest absolute Gasteiger partial charge is 0.368 e. The number of carbonyl (C=O) groups is 1. The standard InChI is InChI=1S/C25H26N6O/c1-18-14-22(15-19(2)26-18)29-10-12-30(13-11-29)25(32)24-17-31(28-27-24)16-21-8-5-7-20-6-3-4-9-23(20)21/h3-9,14-15,17H,10-13,16H2,1-2H3. The van der Waals surface area contributed by atoms with E-state index in [2.05, 4.69) is 56.6 Å². The molecule has 3 heterocycles. The topological polar surface area (TPSA) is 67.2 Å². The van der Waals surface area contributed by atoms with Gasteiger partial charge in [0.15, 0.2) is 5.69 Å². The smallest absolute Gasteiger partial charge is 0.276 e. The third-order valence-corrected chi connectivity index (χ3v) is 5.97. The molecule has 1 amide bonds. The highest BCUT2D eigenvalue weighted by atomic mass is 16.2. The Kier molecular flexibility index (Phi) is 5.31. The van der Waals surface area contributed by atoms with Crippen LogP contribution in [0.2, 0.25) is 0 Å². The summed E-state index contributed by atoms with van der Waals surface area (Å²) in [7, 11) is 0. The molecule has 0 bridgehead atoms. The molecule has 1 saturated heterocycles. The van der Waals surface area contributed by atoms with E-state index >= 15 is 0 Å². The van der Waals surface area contributed by atoms with Crippen molar-refractivity contribution < 1.29 is 4.79 Å². The number of benzene rings is 2. The first-order chi connectivity index (χ1) is 15.6. The average molecular weight is 427 g/mol. The van der Waals surface area contributed by atoms with Gasteiger partial charge in [0.05, 0.1) is 12.7 Å². The average Bonchev–Trinajstić information content (AvgIpc) is 3.27. The van der Waals surface area contributed by atoms with Crippen LogP contribution in [0.5, 0.6) is 0 Å². The summed E-state index contributed by atoms with van der Waals surface area (Å²) >= 11 is 0. The van der Waals surface area contributed by atoms with Crippen LogP contribution in [0.4, 0.5) is 5.69 Å². The molecule has 7 nitrogen and oxygen atoms in total. The highest BCUT2D eigenvalue weighted by molar-refractivity contribution is 5.92. The van der Waals surface area contributed by atoms with Crippen LogP contribution >= 0.6 is 0 Å². The van der Waals surface area contributed by atoms with Crippen LogP contribution in [0.3, 0.4) is 0 Å². The van der Waals surface area contributed by atoms with Gasteiger partial charge in [-0.05, 0) is 42.3 Å². The normalized spacial score (nSPS) is 14.2. The molecule has 0 radical (unpaired) electrons. The number of hydrogen-bond donors (Lipinski definition) is 0. The first-order valence-corrected chi connectivity index (χ1v) is 10.9. The van der Waals surface area contributed by atoms with Gasteiger partial charge in [0.2, 0.25) is 0 Å². The van der Waals surface area contributed by atoms with E-state index in [1.807, 2.05) is 36.9 Å². The van der Waals surface area contributed by atoms with Crippen molar-refractivity contribution in [3.63, 3.8) is 0 Å². The van der Waals surface area contributed by atoms with Gasteiger partial charge in [0.1, 0.15) is 0 Å². The van der Waals surface area contributed by atoms with Crippen molar-refractivity contribution in [2.45, 2.75) is 20.4 Å². The molecular weight excluding hydrogens is 400 g/mol. The van der Waals surface area contributed by atoms with Crippen LogP contribution in [0.25, 0.3) is 10.8 Å². The van der Waals surface area contributed by atoms with E-state index in [4.69, 9.17) is 0 Å². The minimum Gasteiger partial charge on any atom is -0.368 e. The second-order valence-corrected chi connectivity index (χ2v) is 8.33. The molecule has 0 N–H and O–H groups in total. The predicted molar refractivity (Wildman–Crippen MR) is 125 cm³/mol. The highest BCUT2D eigenvalue weighted by Crippen LogP contribution is 2.21. The molecule has 0 aliphatic carbocycles. The molecular formula is C25H26N6O. The number of piperazine rings is 1. The lowest BCUT2D eigenvalue weighted by atomic mass is 10.0. The molecule has 1 aliphatic rings. The minimum atomic E-state index is -0.0593. The summed E-state index contributed by atoms with van der Waals surface area (Å²) in [5.41, 5.74) is 4.75. The monoisotopic (exact) mass is 426 g/mol. The summed E-state index contributed by atoms with van der Waals surface area (Å²) in [5, 5.41) is 10.8. The van der Waals surface area contributed by atoms with Crippen molar-refractivity contribution in [2.24, 2.45) is 0 Å². The van der Waals surface area contributed by atoms with Gasteiger partial charge in [-0.1, -0.05) is 47.7 Å². The summed E-state index contributed by atoms with van der Waals surface area (Å²) in [6.07, 6.45) is 1.76. The van der Waals surface area contributed by atoms with Crippen molar-refractivity contribution in [2.75, 3.05) is 31.1 Å².